The molecule has 3 rings (SSSR count). The number of nitrogens with zero attached hydrogens (tertiary/aromatic N) is 1. The molecule has 4 nitrogen and oxygen atoms in total. The van der Waals surface area contributed by atoms with Gasteiger partial charge in [-0.05, 0) is 30.3 Å². The van der Waals surface area contributed by atoms with E-state index < -0.39 is 0 Å². The fraction of sp³-hybridized carbons (Fsp3) is 0.278. The molecule has 0 unspecified atom stereocenters. The van der Waals surface area contributed by atoms with Crippen LogP contribution in [0.1, 0.15) is 0 Å². The molecular formula is C18H19Cl2FN3O+. The number of hydrogen-bond donors (Lipinski definition) is 2. The number of piperazine rings is 1. The van der Waals surface area contributed by atoms with Crippen molar-refractivity contribution in [1.29, 1.82) is 0 Å². The van der Waals surface area contributed by atoms with Crippen LogP contribution in [0.25, 0.3) is 0 Å². The second-order valence-corrected chi connectivity index (χ2v) is 6.94. The van der Waals surface area contributed by atoms with Crippen molar-refractivity contribution in [2.75, 3.05) is 42.9 Å². The van der Waals surface area contributed by atoms with Crippen molar-refractivity contribution in [1.82, 2.24) is 0 Å². The number of carbonyl (C=O) groups excluding carboxylic acids is 1. The molecule has 0 spiro atoms. The Morgan fingerprint density at radius 1 is 1.12 bits per heavy atom. The number of carbonyl (C=O) groups is 1. The van der Waals surface area contributed by atoms with Gasteiger partial charge in [-0.1, -0.05) is 35.3 Å². The second kappa shape index (κ2) is 8.04. The number of quaternary nitrogens is 1. The van der Waals surface area contributed by atoms with Gasteiger partial charge in [0.2, 0.25) is 0 Å². The topological polar surface area (TPSA) is 36.8 Å². The van der Waals surface area contributed by atoms with Crippen LogP contribution in [0.5, 0.6) is 0 Å². The minimum Gasteiger partial charge on any atom is -0.358 e. The molecule has 0 radical (unpaired) electrons. The van der Waals surface area contributed by atoms with E-state index >= 15 is 0 Å². The number of para-hydroxylation sites is 1. The molecule has 1 aliphatic rings. The lowest BCUT2D eigenvalue weighted by molar-refractivity contribution is -0.892. The molecule has 0 aromatic heterocycles. The molecule has 0 bridgehead atoms. The molecule has 0 atom stereocenters. The highest BCUT2D eigenvalue weighted by atomic mass is 35.5. The number of amides is 1. The minimum absolute atomic E-state index is 0.0901. The van der Waals surface area contributed by atoms with Crippen LogP contribution in [0.3, 0.4) is 0 Å². The standard InChI is InChI=1S/C18H18Cl2FN3O/c19-13-9-14(20)11-15(10-13)22-18(25)12-23-5-7-24(8-6-23)17-4-2-1-3-16(17)21/h1-4,9-11H,5-8,12H2,(H,22,25)/p+1. The first kappa shape index (κ1) is 18.0. The molecule has 0 saturated carbocycles. The van der Waals surface area contributed by atoms with Gasteiger partial charge in [-0.25, -0.2) is 4.39 Å². The van der Waals surface area contributed by atoms with Gasteiger partial charge in [-0.15, -0.1) is 0 Å². The van der Waals surface area contributed by atoms with Crippen molar-refractivity contribution in [3.8, 4) is 0 Å². The predicted octanol–water partition coefficient (Wildman–Crippen LogP) is 2.48. The zero-order valence-electron chi connectivity index (χ0n) is 13.6. The number of hydrogen-bond acceptors (Lipinski definition) is 2. The maximum absolute atomic E-state index is 13.9. The highest BCUT2D eigenvalue weighted by molar-refractivity contribution is 6.35. The number of rotatable bonds is 4. The molecule has 25 heavy (non-hydrogen) atoms. The van der Waals surface area contributed by atoms with E-state index in [4.69, 9.17) is 23.2 Å². The van der Waals surface area contributed by atoms with Gasteiger partial charge in [0.05, 0.1) is 31.9 Å². The zero-order valence-corrected chi connectivity index (χ0v) is 15.1. The van der Waals surface area contributed by atoms with Crippen molar-refractivity contribution >= 4 is 40.5 Å². The van der Waals surface area contributed by atoms with Crippen LogP contribution in [0, 0.1) is 5.82 Å². The second-order valence-electron chi connectivity index (χ2n) is 6.07. The van der Waals surface area contributed by atoms with Gasteiger partial charge >= 0.3 is 0 Å². The zero-order chi connectivity index (χ0) is 17.8. The monoisotopic (exact) mass is 382 g/mol. The van der Waals surface area contributed by atoms with Gasteiger partial charge in [0, 0.05) is 15.7 Å². The first-order valence-corrected chi connectivity index (χ1v) is 8.86. The highest BCUT2D eigenvalue weighted by Crippen LogP contribution is 2.22. The quantitative estimate of drug-likeness (QED) is 0.851. The van der Waals surface area contributed by atoms with E-state index in [1.807, 2.05) is 11.0 Å². The lowest BCUT2D eigenvalue weighted by atomic mass is 10.2. The third kappa shape index (κ3) is 4.84. The summed E-state index contributed by atoms with van der Waals surface area (Å²) in [6.07, 6.45) is 0. The molecule has 2 aromatic carbocycles. The van der Waals surface area contributed by atoms with E-state index in [1.165, 1.54) is 11.0 Å². The summed E-state index contributed by atoms with van der Waals surface area (Å²) in [5, 5.41) is 3.78. The van der Waals surface area contributed by atoms with Crippen molar-refractivity contribution in [3.63, 3.8) is 0 Å². The van der Waals surface area contributed by atoms with Crippen LogP contribution in [-0.4, -0.2) is 38.6 Å². The van der Waals surface area contributed by atoms with Gasteiger partial charge in [0.25, 0.3) is 5.91 Å². The number of halogens is 3. The Morgan fingerprint density at radius 2 is 1.76 bits per heavy atom. The van der Waals surface area contributed by atoms with Gasteiger partial charge in [0.15, 0.2) is 6.54 Å². The normalized spacial score (nSPS) is 15.2. The van der Waals surface area contributed by atoms with Gasteiger partial charge < -0.3 is 15.1 Å². The fourth-order valence-electron chi connectivity index (χ4n) is 3.01. The summed E-state index contributed by atoms with van der Waals surface area (Å²) >= 11 is 11.9. The lowest BCUT2D eigenvalue weighted by Gasteiger charge is -2.33. The summed E-state index contributed by atoms with van der Waals surface area (Å²) in [7, 11) is 0. The van der Waals surface area contributed by atoms with E-state index in [0.717, 1.165) is 13.1 Å². The molecule has 7 heteroatoms. The Labute approximate surface area is 156 Å². The largest absolute Gasteiger partial charge is 0.358 e. The van der Waals surface area contributed by atoms with E-state index in [-0.39, 0.29) is 11.7 Å². The summed E-state index contributed by atoms with van der Waals surface area (Å²) in [6.45, 7) is 3.34. The molecule has 1 heterocycles. The summed E-state index contributed by atoms with van der Waals surface area (Å²) in [5.41, 5.74) is 1.21. The highest BCUT2D eigenvalue weighted by Gasteiger charge is 2.23. The van der Waals surface area contributed by atoms with Crippen LogP contribution in [0.2, 0.25) is 10.0 Å². The van der Waals surface area contributed by atoms with Gasteiger partial charge in [-0.3, -0.25) is 4.79 Å². The Kier molecular flexibility index (Phi) is 5.78. The Morgan fingerprint density at radius 3 is 2.40 bits per heavy atom. The van der Waals surface area contributed by atoms with E-state index in [0.29, 0.717) is 41.1 Å². The van der Waals surface area contributed by atoms with Crippen molar-refractivity contribution in [2.24, 2.45) is 0 Å². The maximum Gasteiger partial charge on any atom is 0.279 e. The maximum atomic E-state index is 13.9. The SMILES string of the molecule is O=C(C[NH+]1CCN(c2ccccc2F)CC1)Nc1cc(Cl)cc(Cl)c1. The smallest absolute Gasteiger partial charge is 0.279 e. The van der Waals surface area contributed by atoms with Gasteiger partial charge in [0.1, 0.15) is 5.82 Å². The Hall–Kier alpha value is -1.82. The summed E-state index contributed by atoms with van der Waals surface area (Å²) in [5.74, 6) is -0.297. The molecule has 2 aromatic rings. The molecule has 2 N–H and O–H groups in total. The minimum atomic E-state index is -0.207. The number of nitrogens with one attached hydrogen (secondary N) is 2. The van der Waals surface area contributed by atoms with E-state index in [9.17, 15) is 9.18 Å². The fourth-order valence-corrected chi connectivity index (χ4v) is 3.53. The summed E-state index contributed by atoms with van der Waals surface area (Å²) < 4.78 is 13.9. The van der Waals surface area contributed by atoms with Crippen molar-refractivity contribution < 1.29 is 14.1 Å². The van der Waals surface area contributed by atoms with Crippen molar-refractivity contribution in [3.05, 3.63) is 58.3 Å². The van der Waals surface area contributed by atoms with Crippen LogP contribution >= 0.6 is 23.2 Å². The Bertz CT molecular complexity index is 743. The molecule has 1 saturated heterocycles. The van der Waals surface area contributed by atoms with Crippen LogP contribution in [0.4, 0.5) is 15.8 Å². The summed E-state index contributed by atoms with van der Waals surface area (Å²) in [6, 6.07) is 11.7. The van der Waals surface area contributed by atoms with Crippen molar-refractivity contribution in [2.45, 2.75) is 0 Å². The van der Waals surface area contributed by atoms with Crippen LogP contribution in [-0.2, 0) is 4.79 Å². The third-order valence-corrected chi connectivity index (χ3v) is 4.66. The lowest BCUT2D eigenvalue weighted by Crippen LogP contribution is -3.15. The first-order chi connectivity index (χ1) is 12.0. The molecule has 0 aliphatic carbocycles. The number of anilines is 2. The first-order valence-electron chi connectivity index (χ1n) is 8.10. The molecule has 1 aliphatic heterocycles. The Balaban J connectivity index is 1.52. The predicted molar refractivity (Wildman–Crippen MR) is 99.3 cm³/mol. The molecule has 1 fully saturated rings. The number of benzene rings is 2. The summed E-state index contributed by atoms with van der Waals surface area (Å²) in [4.78, 5) is 15.4. The van der Waals surface area contributed by atoms with Crippen LogP contribution < -0.4 is 15.1 Å². The molecule has 132 valence electrons. The molecular weight excluding hydrogens is 364 g/mol. The van der Waals surface area contributed by atoms with E-state index in [2.05, 4.69) is 5.32 Å². The molecule has 1 amide bonds. The van der Waals surface area contributed by atoms with Gasteiger partial charge in [-0.2, -0.15) is 0 Å². The van der Waals surface area contributed by atoms with Crippen LogP contribution in [0.15, 0.2) is 42.5 Å². The third-order valence-electron chi connectivity index (χ3n) is 4.22. The average molecular weight is 383 g/mol. The average Bonchev–Trinajstić information content (AvgIpc) is 2.55. The van der Waals surface area contributed by atoms with E-state index in [1.54, 1.807) is 30.3 Å².